The molecule has 0 spiro atoms. The Kier molecular flexibility index (Phi) is 4.46. The Labute approximate surface area is 134 Å². The minimum Gasteiger partial charge on any atom is -0.497 e. The highest BCUT2D eigenvalue weighted by Gasteiger charge is 2.31. The van der Waals surface area contributed by atoms with E-state index in [1.807, 2.05) is 5.38 Å². The molecule has 0 N–H and O–H groups in total. The first kappa shape index (κ1) is 15.5. The SMILES string of the molecule is COc1cccc(S(=O)(=O)N2CCCC(c3nccs3)C2)c1. The summed E-state index contributed by atoms with van der Waals surface area (Å²) in [7, 11) is -1.96. The van der Waals surface area contributed by atoms with Crippen molar-refractivity contribution < 1.29 is 13.2 Å². The maximum atomic E-state index is 12.8. The van der Waals surface area contributed by atoms with E-state index in [9.17, 15) is 8.42 Å². The van der Waals surface area contributed by atoms with E-state index in [2.05, 4.69) is 4.98 Å². The van der Waals surface area contributed by atoms with E-state index in [0.29, 0.717) is 18.8 Å². The highest BCUT2D eigenvalue weighted by molar-refractivity contribution is 7.89. The third-order valence-electron chi connectivity index (χ3n) is 3.86. The second-order valence-corrected chi connectivity index (χ2v) is 8.12. The Morgan fingerprint density at radius 1 is 1.41 bits per heavy atom. The van der Waals surface area contributed by atoms with Crippen molar-refractivity contribution in [2.45, 2.75) is 23.7 Å². The van der Waals surface area contributed by atoms with Crippen LogP contribution in [0.25, 0.3) is 0 Å². The van der Waals surface area contributed by atoms with Gasteiger partial charge in [0.2, 0.25) is 10.0 Å². The molecule has 1 aromatic carbocycles. The zero-order valence-electron chi connectivity index (χ0n) is 12.3. The molecule has 1 aliphatic rings. The fourth-order valence-electron chi connectivity index (χ4n) is 2.71. The summed E-state index contributed by atoms with van der Waals surface area (Å²) in [6.45, 7) is 1.05. The lowest BCUT2D eigenvalue weighted by molar-refractivity contribution is 0.315. The fourth-order valence-corrected chi connectivity index (χ4v) is 5.04. The van der Waals surface area contributed by atoms with Crippen LogP contribution >= 0.6 is 11.3 Å². The molecule has 1 fully saturated rings. The van der Waals surface area contributed by atoms with Gasteiger partial charge < -0.3 is 4.74 Å². The standard InChI is InChI=1S/C15H18N2O3S2/c1-20-13-5-2-6-14(10-13)22(18,19)17-8-3-4-12(11-17)15-16-7-9-21-15/h2,5-7,9-10,12H,3-4,8,11H2,1H3. The second-order valence-electron chi connectivity index (χ2n) is 5.25. The summed E-state index contributed by atoms with van der Waals surface area (Å²) < 4.78 is 32.3. The van der Waals surface area contributed by atoms with Crippen LogP contribution in [0.2, 0.25) is 0 Å². The van der Waals surface area contributed by atoms with Gasteiger partial charge in [0.15, 0.2) is 0 Å². The number of ether oxygens (including phenoxy) is 1. The molecule has 118 valence electrons. The van der Waals surface area contributed by atoms with E-state index < -0.39 is 10.0 Å². The molecular formula is C15H18N2O3S2. The topological polar surface area (TPSA) is 59.5 Å². The molecule has 0 radical (unpaired) electrons. The lowest BCUT2D eigenvalue weighted by Crippen LogP contribution is -2.39. The van der Waals surface area contributed by atoms with Crippen LogP contribution in [0.1, 0.15) is 23.8 Å². The Balaban J connectivity index is 1.85. The predicted octanol–water partition coefficient (Wildman–Crippen LogP) is 2.72. The maximum Gasteiger partial charge on any atom is 0.243 e. The zero-order valence-corrected chi connectivity index (χ0v) is 13.9. The Morgan fingerprint density at radius 2 is 2.27 bits per heavy atom. The van der Waals surface area contributed by atoms with E-state index in [0.717, 1.165) is 17.8 Å². The number of methoxy groups -OCH3 is 1. The maximum absolute atomic E-state index is 12.8. The summed E-state index contributed by atoms with van der Waals surface area (Å²) in [6.07, 6.45) is 3.61. The zero-order chi connectivity index (χ0) is 15.6. The monoisotopic (exact) mass is 338 g/mol. The van der Waals surface area contributed by atoms with Gasteiger partial charge in [0.25, 0.3) is 0 Å². The number of thiazole rings is 1. The molecule has 0 saturated carbocycles. The van der Waals surface area contributed by atoms with Crippen LogP contribution in [-0.2, 0) is 10.0 Å². The number of benzene rings is 1. The van der Waals surface area contributed by atoms with E-state index in [1.54, 1.807) is 46.1 Å². The number of hydrogen-bond donors (Lipinski definition) is 0. The lowest BCUT2D eigenvalue weighted by Gasteiger charge is -2.31. The largest absolute Gasteiger partial charge is 0.497 e. The van der Waals surface area contributed by atoms with Crippen LogP contribution in [0.3, 0.4) is 0 Å². The highest BCUT2D eigenvalue weighted by Crippen LogP contribution is 2.31. The Bertz CT molecular complexity index is 729. The number of nitrogens with zero attached hydrogens (tertiary/aromatic N) is 2. The fraction of sp³-hybridized carbons (Fsp3) is 0.400. The van der Waals surface area contributed by atoms with E-state index in [4.69, 9.17) is 4.74 Å². The first-order valence-electron chi connectivity index (χ1n) is 7.15. The van der Waals surface area contributed by atoms with Gasteiger partial charge in [-0.25, -0.2) is 13.4 Å². The normalized spacial score (nSPS) is 20.0. The number of rotatable bonds is 4. The van der Waals surface area contributed by atoms with Crippen LogP contribution in [0.5, 0.6) is 5.75 Å². The second kappa shape index (κ2) is 6.36. The molecule has 0 amide bonds. The van der Waals surface area contributed by atoms with Gasteiger partial charge in [0, 0.05) is 36.7 Å². The molecule has 1 atom stereocenters. The average molecular weight is 338 g/mol. The van der Waals surface area contributed by atoms with Crippen molar-refractivity contribution in [3.63, 3.8) is 0 Å². The molecule has 0 bridgehead atoms. The predicted molar refractivity (Wildman–Crippen MR) is 85.8 cm³/mol. The number of sulfonamides is 1. The van der Waals surface area contributed by atoms with Crippen LogP contribution < -0.4 is 4.74 Å². The highest BCUT2D eigenvalue weighted by atomic mass is 32.2. The summed E-state index contributed by atoms with van der Waals surface area (Å²) >= 11 is 1.59. The third kappa shape index (κ3) is 3.02. The molecule has 1 aromatic heterocycles. The smallest absolute Gasteiger partial charge is 0.243 e. The Hall–Kier alpha value is -1.44. The summed E-state index contributed by atoms with van der Waals surface area (Å²) in [6, 6.07) is 6.63. The van der Waals surface area contributed by atoms with Gasteiger partial charge in [-0.15, -0.1) is 11.3 Å². The van der Waals surface area contributed by atoms with Crippen molar-refractivity contribution in [2.75, 3.05) is 20.2 Å². The minimum atomic E-state index is -3.49. The number of aromatic nitrogens is 1. The number of hydrogen-bond acceptors (Lipinski definition) is 5. The van der Waals surface area contributed by atoms with Crippen LogP contribution in [0.4, 0.5) is 0 Å². The van der Waals surface area contributed by atoms with Crippen molar-refractivity contribution in [1.29, 1.82) is 0 Å². The number of piperidine rings is 1. The molecule has 1 unspecified atom stereocenters. The van der Waals surface area contributed by atoms with Crippen molar-refractivity contribution >= 4 is 21.4 Å². The van der Waals surface area contributed by atoms with Gasteiger partial charge in [-0.2, -0.15) is 4.31 Å². The van der Waals surface area contributed by atoms with Gasteiger partial charge in [-0.1, -0.05) is 6.07 Å². The molecule has 22 heavy (non-hydrogen) atoms. The minimum absolute atomic E-state index is 0.189. The third-order valence-corrected chi connectivity index (χ3v) is 6.66. The molecule has 1 aliphatic heterocycles. The first-order chi connectivity index (χ1) is 10.6. The molecule has 5 nitrogen and oxygen atoms in total. The first-order valence-corrected chi connectivity index (χ1v) is 9.47. The molecule has 2 aromatic rings. The van der Waals surface area contributed by atoms with Gasteiger partial charge in [-0.3, -0.25) is 0 Å². The van der Waals surface area contributed by atoms with E-state index in [1.165, 1.54) is 7.11 Å². The quantitative estimate of drug-likeness (QED) is 0.860. The van der Waals surface area contributed by atoms with Gasteiger partial charge >= 0.3 is 0 Å². The van der Waals surface area contributed by atoms with Gasteiger partial charge in [-0.05, 0) is 25.0 Å². The summed E-state index contributed by atoms with van der Waals surface area (Å²) in [5.74, 6) is 0.740. The van der Waals surface area contributed by atoms with Crippen LogP contribution in [0.15, 0.2) is 40.7 Å². The van der Waals surface area contributed by atoms with Crippen molar-refractivity contribution in [1.82, 2.24) is 9.29 Å². The van der Waals surface area contributed by atoms with Gasteiger partial charge in [0.05, 0.1) is 17.0 Å². The summed E-state index contributed by atoms with van der Waals surface area (Å²) in [5.41, 5.74) is 0. The van der Waals surface area contributed by atoms with Crippen molar-refractivity contribution in [2.24, 2.45) is 0 Å². The molecular weight excluding hydrogens is 320 g/mol. The molecule has 2 heterocycles. The van der Waals surface area contributed by atoms with Crippen LogP contribution in [-0.4, -0.2) is 37.9 Å². The van der Waals surface area contributed by atoms with E-state index in [-0.39, 0.29) is 10.8 Å². The van der Waals surface area contributed by atoms with Crippen molar-refractivity contribution in [3.8, 4) is 5.75 Å². The van der Waals surface area contributed by atoms with Crippen LogP contribution in [0, 0.1) is 0 Å². The molecule has 1 saturated heterocycles. The summed E-state index contributed by atoms with van der Waals surface area (Å²) in [4.78, 5) is 4.62. The average Bonchev–Trinajstić information content (AvgIpc) is 3.09. The van der Waals surface area contributed by atoms with E-state index >= 15 is 0 Å². The Morgan fingerprint density at radius 3 is 3.00 bits per heavy atom. The van der Waals surface area contributed by atoms with Gasteiger partial charge in [0.1, 0.15) is 5.75 Å². The van der Waals surface area contributed by atoms with Crippen molar-refractivity contribution in [3.05, 3.63) is 40.8 Å². The molecule has 7 heteroatoms. The molecule has 3 rings (SSSR count). The lowest BCUT2D eigenvalue weighted by atomic mass is 10.0. The summed E-state index contributed by atoms with van der Waals surface area (Å²) in [5, 5.41) is 2.95. The molecule has 0 aliphatic carbocycles.